The Balaban J connectivity index is 1.58. The third-order valence-corrected chi connectivity index (χ3v) is 4.74. The Kier molecular flexibility index (Phi) is 5.49. The summed E-state index contributed by atoms with van der Waals surface area (Å²) >= 11 is 0. The molecule has 0 bridgehead atoms. The first-order valence-electron chi connectivity index (χ1n) is 8.55. The van der Waals surface area contributed by atoms with Crippen molar-refractivity contribution in [2.24, 2.45) is 4.99 Å². The van der Waals surface area contributed by atoms with Crippen LogP contribution in [0.1, 0.15) is 32.1 Å². The molecule has 0 N–H and O–H groups in total. The van der Waals surface area contributed by atoms with Gasteiger partial charge in [0.2, 0.25) is 6.19 Å². The molecule has 1 aromatic rings. The minimum atomic E-state index is 0.427. The summed E-state index contributed by atoms with van der Waals surface area (Å²) in [5.74, 6) is 0.722. The molecular formula is C18H24N4O. The van der Waals surface area contributed by atoms with Gasteiger partial charge in [-0.25, -0.2) is 0 Å². The zero-order valence-electron chi connectivity index (χ0n) is 13.5. The molecule has 5 nitrogen and oxygen atoms in total. The lowest BCUT2D eigenvalue weighted by Gasteiger charge is -2.40. The summed E-state index contributed by atoms with van der Waals surface area (Å²) in [6.07, 6.45) is 8.14. The lowest BCUT2D eigenvalue weighted by Crippen LogP contribution is -2.49. The van der Waals surface area contributed by atoms with E-state index in [-0.39, 0.29) is 0 Å². The molecule has 0 unspecified atom stereocenters. The maximum absolute atomic E-state index is 8.95. The highest BCUT2D eigenvalue weighted by Gasteiger charge is 2.27. The van der Waals surface area contributed by atoms with E-state index in [1.807, 2.05) is 36.5 Å². The highest BCUT2D eigenvalue weighted by Crippen LogP contribution is 2.21. The number of hydrogen-bond acceptors (Lipinski definition) is 4. The topological polar surface area (TPSA) is 51.9 Å². The van der Waals surface area contributed by atoms with Gasteiger partial charge < -0.3 is 14.5 Å². The zero-order chi connectivity index (χ0) is 15.9. The van der Waals surface area contributed by atoms with Crippen LogP contribution in [0.5, 0.6) is 5.75 Å². The van der Waals surface area contributed by atoms with Crippen LogP contribution in [-0.2, 0) is 0 Å². The van der Waals surface area contributed by atoms with Crippen molar-refractivity contribution in [3.8, 4) is 11.9 Å². The predicted molar refractivity (Wildman–Crippen MR) is 90.1 cm³/mol. The molecule has 0 amide bonds. The second-order valence-electron chi connectivity index (χ2n) is 6.22. The maximum Gasteiger partial charge on any atom is 0.308 e. The highest BCUT2D eigenvalue weighted by atomic mass is 16.5. The lowest BCUT2D eigenvalue weighted by atomic mass is 10.0. The molecule has 2 aliphatic rings. The van der Waals surface area contributed by atoms with E-state index in [2.05, 4.69) is 14.8 Å². The molecule has 0 aliphatic carbocycles. The Morgan fingerprint density at radius 2 is 1.74 bits per heavy atom. The van der Waals surface area contributed by atoms with Crippen molar-refractivity contribution >= 4 is 6.02 Å². The van der Waals surface area contributed by atoms with Crippen molar-refractivity contribution < 1.29 is 4.74 Å². The first kappa shape index (κ1) is 15.8. The molecule has 1 aromatic carbocycles. The number of benzene rings is 1. The van der Waals surface area contributed by atoms with Gasteiger partial charge in [0.05, 0.1) is 0 Å². The summed E-state index contributed by atoms with van der Waals surface area (Å²) in [5.41, 5.74) is 0. The van der Waals surface area contributed by atoms with E-state index in [9.17, 15) is 0 Å². The van der Waals surface area contributed by atoms with Crippen molar-refractivity contribution in [2.75, 3.05) is 26.2 Å². The monoisotopic (exact) mass is 312 g/mol. The number of nitriles is 1. The van der Waals surface area contributed by atoms with E-state index in [0.717, 1.165) is 31.7 Å². The van der Waals surface area contributed by atoms with E-state index < -0.39 is 0 Å². The van der Waals surface area contributed by atoms with Gasteiger partial charge in [-0.2, -0.15) is 5.26 Å². The minimum Gasteiger partial charge on any atom is -0.425 e. The zero-order valence-corrected chi connectivity index (χ0v) is 13.5. The van der Waals surface area contributed by atoms with Gasteiger partial charge in [-0.1, -0.05) is 24.6 Å². The number of hydrogen-bond donors (Lipinski definition) is 0. The molecule has 3 rings (SSSR count). The van der Waals surface area contributed by atoms with Crippen LogP contribution >= 0.6 is 0 Å². The quantitative estimate of drug-likeness (QED) is 0.479. The summed E-state index contributed by atoms with van der Waals surface area (Å²) in [6, 6.07) is 10.6. The molecule has 0 radical (unpaired) electrons. The van der Waals surface area contributed by atoms with Crippen LogP contribution in [0.25, 0.3) is 0 Å². The second-order valence-corrected chi connectivity index (χ2v) is 6.22. The van der Waals surface area contributed by atoms with Gasteiger partial charge >= 0.3 is 6.02 Å². The molecule has 0 atom stereocenters. The van der Waals surface area contributed by atoms with Crippen LogP contribution in [0.2, 0.25) is 0 Å². The third-order valence-electron chi connectivity index (χ3n) is 4.74. The smallest absolute Gasteiger partial charge is 0.308 e. The molecule has 5 heteroatoms. The lowest BCUT2D eigenvalue weighted by molar-refractivity contribution is 0.110. The highest BCUT2D eigenvalue weighted by molar-refractivity contribution is 5.77. The molecule has 0 saturated carbocycles. The number of rotatable bonds is 2. The van der Waals surface area contributed by atoms with Crippen LogP contribution in [0.4, 0.5) is 0 Å². The normalized spacial score (nSPS) is 21.0. The van der Waals surface area contributed by atoms with E-state index >= 15 is 0 Å². The fraction of sp³-hybridized carbons (Fsp3) is 0.556. The van der Waals surface area contributed by atoms with Gasteiger partial charge in [-0.3, -0.25) is 0 Å². The standard InChI is InChI=1S/C18H24N4O/c19-15-20-18(23-17-7-3-1-4-8-17)22-13-9-16(10-14-22)21-11-5-2-6-12-21/h1,3-4,7-8,16H,2,5-6,9-14H2. The van der Waals surface area contributed by atoms with Gasteiger partial charge in [-0.15, -0.1) is 4.99 Å². The Morgan fingerprint density at radius 3 is 2.39 bits per heavy atom. The second kappa shape index (κ2) is 7.98. The number of aliphatic imine (C=N–C) groups is 1. The molecular weight excluding hydrogens is 288 g/mol. The first-order chi connectivity index (χ1) is 11.4. The van der Waals surface area contributed by atoms with E-state index in [0.29, 0.717) is 12.1 Å². The van der Waals surface area contributed by atoms with E-state index in [4.69, 9.17) is 10.00 Å². The Morgan fingerprint density at radius 1 is 1.04 bits per heavy atom. The van der Waals surface area contributed by atoms with E-state index in [1.165, 1.54) is 32.4 Å². The molecule has 0 aromatic heterocycles. The number of amidine groups is 1. The van der Waals surface area contributed by atoms with Crippen LogP contribution in [0, 0.1) is 11.5 Å². The summed E-state index contributed by atoms with van der Waals surface area (Å²) in [4.78, 5) is 8.63. The molecule has 0 spiro atoms. The largest absolute Gasteiger partial charge is 0.425 e. The summed E-state index contributed by atoms with van der Waals surface area (Å²) in [6.45, 7) is 4.28. The van der Waals surface area contributed by atoms with E-state index in [1.54, 1.807) is 0 Å². The average Bonchev–Trinajstić information content (AvgIpc) is 2.63. The number of piperidine rings is 2. The van der Waals surface area contributed by atoms with Crippen LogP contribution in [-0.4, -0.2) is 48.0 Å². The average molecular weight is 312 g/mol. The Hall–Kier alpha value is -2.06. The predicted octanol–water partition coefficient (Wildman–Crippen LogP) is 2.85. The molecule has 2 aliphatic heterocycles. The summed E-state index contributed by atoms with van der Waals surface area (Å²) in [7, 11) is 0. The van der Waals surface area contributed by atoms with Crippen molar-refractivity contribution in [3.05, 3.63) is 30.3 Å². The number of para-hydroxylation sites is 1. The fourth-order valence-corrected chi connectivity index (χ4v) is 3.50. The summed E-state index contributed by atoms with van der Waals surface area (Å²) in [5, 5.41) is 8.95. The first-order valence-corrected chi connectivity index (χ1v) is 8.55. The van der Waals surface area contributed by atoms with Gasteiger partial charge in [0.15, 0.2) is 0 Å². The van der Waals surface area contributed by atoms with Crippen LogP contribution in [0.15, 0.2) is 35.3 Å². The Labute approximate surface area is 138 Å². The number of likely N-dealkylation sites (tertiary alicyclic amines) is 2. The number of nitrogens with zero attached hydrogens (tertiary/aromatic N) is 4. The molecule has 122 valence electrons. The van der Waals surface area contributed by atoms with Crippen molar-refractivity contribution in [1.82, 2.24) is 9.80 Å². The third kappa shape index (κ3) is 4.23. The Bertz CT molecular complexity index is 552. The van der Waals surface area contributed by atoms with Gasteiger partial charge in [0.1, 0.15) is 5.75 Å². The molecule has 23 heavy (non-hydrogen) atoms. The molecule has 2 fully saturated rings. The van der Waals surface area contributed by atoms with Crippen molar-refractivity contribution in [2.45, 2.75) is 38.1 Å². The van der Waals surface area contributed by atoms with Crippen molar-refractivity contribution in [1.29, 1.82) is 5.26 Å². The van der Waals surface area contributed by atoms with Gasteiger partial charge in [0, 0.05) is 19.1 Å². The van der Waals surface area contributed by atoms with Crippen LogP contribution in [0.3, 0.4) is 0 Å². The van der Waals surface area contributed by atoms with Crippen molar-refractivity contribution in [3.63, 3.8) is 0 Å². The molecule has 2 saturated heterocycles. The summed E-state index contributed by atoms with van der Waals surface area (Å²) < 4.78 is 5.81. The number of ether oxygens (including phenoxy) is 1. The van der Waals surface area contributed by atoms with Gasteiger partial charge in [0.25, 0.3) is 0 Å². The fourth-order valence-electron chi connectivity index (χ4n) is 3.50. The van der Waals surface area contributed by atoms with Crippen LogP contribution < -0.4 is 4.74 Å². The maximum atomic E-state index is 8.95. The van der Waals surface area contributed by atoms with Gasteiger partial charge in [-0.05, 0) is 50.9 Å². The molecule has 2 heterocycles. The minimum absolute atomic E-state index is 0.427. The SMILES string of the molecule is N#CN=C(Oc1ccccc1)N1CCC(N2CCCCC2)CC1.